The second-order valence-corrected chi connectivity index (χ2v) is 22.6. The number of hydrogen-bond acceptors (Lipinski definition) is 5. The molecular formula is C73H44Cl2N2O2S. The topological polar surface area (TPSA) is 32.8 Å². The van der Waals surface area contributed by atoms with Crippen molar-refractivity contribution in [2.45, 2.75) is 15.2 Å². The number of hydrogen-bond donors (Lipinski definition) is 0. The average Bonchev–Trinajstić information content (AvgIpc) is 4.36. The van der Waals surface area contributed by atoms with E-state index in [1.807, 2.05) is 36.0 Å². The second kappa shape index (κ2) is 18.4. The maximum absolute atomic E-state index is 6.96. The fraction of sp³-hybridized carbons (Fsp3) is 0.0137. The highest BCUT2D eigenvalue weighted by Crippen LogP contribution is 2.64. The summed E-state index contributed by atoms with van der Waals surface area (Å²) in [6.45, 7) is 0. The molecule has 80 heavy (non-hydrogen) atoms. The highest BCUT2D eigenvalue weighted by atomic mass is 35.5. The Morgan fingerprint density at radius 2 is 0.688 bits per heavy atom. The van der Waals surface area contributed by atoms with Crippen LogP contribution in [0, 0.1) is 0 Å². The van der Waals surface area contributed by atoms with E-state index in [9.17, 15) is 0 Å². The third-order valence-corrected chi connectivity index (χ3v) is 17.8. The Kier molecular flexibility index (Phi) is 10.8. The quantitative estimate of drug-likeness (QED) is 0.151. The van der Waals surface area contributed by atoms with Crippen LogP contribution in [0.25, 0.3) is 77.3 Å². The van der Waals surface area contributed by atoms with Crippen molar-refractivity contribution in [1.29, 1.82) is 0 Å². The van der Waals surface area contributed by atoms with E-state index in [0.717, 1.165) is 132 Å². The lowest BCUT2D eigenvalue weighted by molar-refractivity contribution is 0.668. The molecule has 0 saturated carbocycles. The van der Waals surface area contributed by atoms with Gasteiger partial charge in [-0.05, 0) is 153 Å². The second-order valence-electron chi connectivity index (χ2n) is 20.6. The molecule has 0 N–H and O–H groups in total. The Bertz CT molecular complexity index is 4480. The normalized spacial score (nSPS) is 12.9. The lowest BCUT2D eigenvalue weighted by Gasteiger charge is -2.41. The molecule has 14 aromatic rings. The van der Waals surface area contributed by atoms with Crippen LogP contribution in [0.4, 0.5) is 34.1 Å². The van der Waals surface area contributed by atoms with Gasteiger partial charge in [0.25, 0.3) is 0 Å². The molecule has 2 aliphatic rings. The molecule has 1 aliphatic heterocycles. The molecule has 0 atom stereocenters. The van der Waals surface area contributed by atoms with Crippen molar-refractivity contribution in [2.24, 2.45) is 0 Å². The van der Waals surface area contributed by atoms with Gasteiger partial charge in [-0.15, -0.1) is 0 Å². The molecule has 0 bridgehead atoms. The van der Waals surface area contributed by atoms with Crippen LogP contribution in [0.15, 0.2) is 286 Å². The van der Waals surface area contributed by atoms with Gasteiger partial charge in [0.15, 0.2) is 0 Å². The van der Waals surface area contributed by atoms with Crippen molar-refractivity contribution >= 4 is 113 Å². The summed E-state index contributed by atoms with van der Waals surface area (Å²) in [5.74, 6) is 0. The Morgan fingerprint density at radius 1 is 0.300 bits per heavy atom. The Morgan fingerprint density at radius 3 is 1.12 bits per heavy atom. The minimum absolute atomic E-state index is 0.674. The number of rotatable bonds is 8. The number of anilines is 6. The molecule has 7 heteroatoms. The molecule has 4 nitrogen and oxygen atoms in total. The summed E-state index contributed by atoms with van der Waals surface area (Å²) in [5.41, 5.74) is 19.9. The van der Waals surface area contributed by atoms with Crippen molar-refractivity contribution in [2.75, 3.05) is 9.80 Å². The van der Waals surface area contributed by atoms with Crippen molar-refractivity contribution in [1.82, 2.24) is 0 Å². The van der Waals surface area contributed by atoms with Crippen molar-refractivity contribution in [3.05, 3.63) is 299 Å². The third-order valence-electron chi connectivity index (χ3n) is 16.2. The number of nitrogens with zero attached hydrogens (tertiary/aromatic N) is 2. The summed E-state index contributed by atoms with van der Waals surface area (Å²) in [7, 11) is 0. The molecule has 0 saturated heterocycles. The van der Waals surface area contributed by atoms with E-state index in [4.69, 9.17) is 32.0 Å². The van der Waals surface area contributed by atoms with Gasteiger partial charge in [0.1, 0.15) is 22.3 Å². The van der Waals surface area contributed by atoms with E-state index in [1.165, 1.54) is 11.1 Å². The summed E-state index contributed by atoms with van der Waals surface area (Å²) in [4.78, 5) is 6.99. The van der Waals surface area contributed by atoms with Gasteiger partial charge in [-0.25, -0.2) is 0 Å². The van der Waals surface area contributed by atoms with Crippen LogP contribution >= 0.6 is 35.0 Å². The molecule has 0 amide bonds. The van der Waals surface area contributed by atoms with Crippen molar-refractivity contribution < 1.29 is 8.83 Å². The summed E-state index contributed by atoms with van der Waals surface area (Å²) in [6, 6.07) is 95.1. The summed E-state index contributed by atoms with van der Waals surface area (Å²) >= 11 is 15.7. The van der Waals surface area contributed by atoms with Crippen LogP contribution < -0.4 is 9.80 Å². The maximum Gasteiger partial charge on any atom is 0.138 e. The monoisotopic (exact) mass is 1080 g/mol. The van der Waals surface area contributed by atoms with Crippen LogP contribution in [0.3, 0.4) is 0 Å². The number of fused-ring (bicyclic) bond motifs is 15. The van der Waals surface area contributed by atoms with Crippen molar-refractivity contribution in [3.8, 4) is 33.4 Å². The SMILES string of the molecule is Clc1ccc2c(c1)-c1cc(Cl)ccc1C21c2ccc(N(c3ccccc3)c3cc(-c4ccccc4)c4c(c3)oc3ccccc34)cc2Sc2cc(N(c3ccccc3)c3cc(-c4ccccc4)c4c(c3)oc3ccccc34)ccc21. The van der Waals surface area contributed by atoms with E-state index >= 15 is 0 Å². The summed E-state index contributed by atoms with van der Waals surface area (Å²) < 4.78 is 13.5. The standard InChI is InChI=1S/C73H44Cl2N2O2S/c74-47-29-33-61-59(37-47)60-38-48(75)30-34-62(60)73(61)63-35-31-51(76(49-21-9-3-10-22-49)53-39-57(45-17-5-1-6-18-45)71-55-25-13-15-27-65(55)78-67(71)41-53)43-69(63)80-70-44-52(32-36-64(70)73)77(50-23-11-4-12-24-50)54-40-58(46-19-7-2-8-20-46)72-56-26-14-16-28-66(56)79-68(72)42-54/h1-44H. The van der Waals surface area contributed by atoms with Gasteiger partial charge >= 0.3 is 0 Å². The smallest absolute Gasteiger partial charge is 0.138 e. The Labute approximate surface area is 476 Å². The molecule has 1 aliphatic carbocycles. The van der Waals surface area contributed by atoms with Crippen LogP contribution in [0.2, 0.25) is 10.0 Å². The Balaban J connectivity index is 0.935. The van der Waals surface area contributed by atoms with E-state index < -0.39 is 5.41 Å². The number of furan rings is 2. The summed E-state index contributed by atoms with van der Waals surface area (Å²) in [5, 5.41) is 5.71. The minimum atomic E-state index is -0.733. The molecule has 2 aromatic heterocycles. The molecule has 12 aromatic carbocycles. The van der Waals surface area contributed by atoms with Gasteiger partial charge in [-0.2, -0.15) is 0 Å². The predicted molar refractivity (Wildman–Crippen MR) is 333 cm³/mol. The average molecular weight is 1080 g/mol. The molecule has 0 unspecified atom stereocenters. The van der Waals surface area contributed by atoms with Gasteiger partial charge in [-0.3, -0.25) is 0 Å². The van der Waals surface area contributed by atoms with Gasteiger partial charge < -0.3 is 18.6 Å². The molecule has 378 valence electrons. The highest BCUT2D eigenvalue weighted by molar-refractivity contribution is 7.99. The van der Waals surface area contributed by atoms with Crippen LogP contribution in [-0.4, -0.2) is 0 Å². The molecule has 0 fully saturated rings. The fourth-order valence-electron chi connectivity index (χ4n) is 12.9. The molecule has 3 heterocycles. The third kappa shape index (κ3) is 7.25. The molecular weight excluding hydrogens is 1040 g/mol. The number of halogens is 2. The first-order valence-electron chi connectivity index (χ1n) is 26.8. The Hall–Kier alpha value is -9.23. The molecule has 16 rings (SSSR count). The molecule has 1 spiro atoms. The molecule has 0 radical (unpaired) electrons. The number of para-hydroxylation sites is 4. The lowest BCUT2D eigenvalue weighted by Crippen LogP contribution is -2.32. The first kappa shape index (κ1) is 46.8. The van der Waals surface area contributed by atoms with Crippen LogP contribution in [0.1, 0.15) is 22.3 Å². The van der Waals surface area contributed by atoms with E-state index in [-0.39, 0.29) is 0 Å². The van der Waals surface area contributed by atoms with E-state index in [0.29, 0.717) is 10.0 Å². The van der Waals surface area contributed by atoms with E-state index in [1.54, 1.807) is 0 Å². The zero-order valence-corrected chi connectivity index (χ0v) is 45.1. The van der Waals surface area contributed by atoms with Crippen molar-refractivity contribution in [3.63, 3.8) is 0 Å². The minimum Gasteiger partial charge on any atom is -0.456 e. The number of benzene rings is 12. The zero-order valence-electron chi connectivity index (χ0n) is 42.8. The summed E-state index contributed by atoms with van der Waals surface area (Å²) in [6.07, 6.45) is 0. The highest BCUT2D eigenvalue weighted by Gasteiger charge is 2.51. The zero-order chi connectivity index (χ0) is 53.1. The van der Waals surface area contributed by atoms with Crippen LogP contribution in [0.5, 0.6) is 0 Å². The fourth-order valence-corrected chi connectivity index (χ4v) is 14.5. The largest absolute Gasteiger partial charge is 0.456 e. The first-order chi connectivity index (χ1) is 39.5. The first-order valence-corrected chi connectivity index (χ1v) is 28.3. The predicted octanol–water partition coefficient (Wildman–Crippen LogP) is 21.9. The lowest BCUT2D eigenvalue weighted by atomic mass is 9.67. The maximum atomic E-state index is 6.96. The van der Waals surface area contributed by atoms with E-state index in [2.05, 4.69) is 252 Å². The van der Waals surface area contributed by atoms with Crippen LogP contribution in [-0.2, 0) is 5.41 Å². The van der Waals surface area contributed by atoms with Gasteiger partial charge in [0.2, 0.25) is 0 Å². The van der Waals surface area contributed by atoms with Gasteiger partial charge in [0, 0.05) is 76.3 Å². The van der Waals surface area contributed by atoms with Gasteiger partial charge in [0.05, 0.1) is 16.8 Å². The van der Waals surface area contributed by atoms with Gasteiger partial charge in [-0.1, -0.05) is 193 Å².